The maximum atomic E-state index is 8.76. The molecule has 4 heteroatoms. The van der Waals surface area contributed by atoms with E-state index in [4.69, 9.17) is 27.3 Å². The summed E-state index contributed by atoms with van der Waals surface area (Å²) < 4.78 is 4.99. The van der Waals surface area contributed by atoms with Gasteiger partial charge in [0, 0.05) is 12.6 Å². The van der Waals surface area contributed by atoms with E-state index in [0.717, 1.165) is 0 Å². The quantitative estimate of drug-likeness (QED) is 0.783. The van der Waals surface area contributed by atoms with E-state index in [2.05, 4.69) is 0 Å². The number of rotatable bonds is 2. The molecule has 0 heterocycles. The number of nitrogens with zero attached hydrogens (tertiary/aromatic N) is 1. The summed E-state index contributed by atoms with van der Waals surface area (Å²) in [5, 5.41) is 9.14. The Kier molecular flexibility index (Phi) is 3.13. The van der Waals surface area contributed by atoms with Gasteiger partial charge in [-0.1, -0.05) is 11.6 Å². The maximum Gasteiger partial charge on any atom is 0.120 e. The summed E-state index contributed by atoms with van der Waals surface area (Å²) in [4.78, 5) is 0. The Balaban J connectivity index is 3.31. The first kappa shape index (κ1) is 9.85. The van der Waals surface area contributed by atoms with Crippen LogP contribution < -0.4 is 10.5 Å². The van der Waals surface area contributed by atoms with Gasteiger partial charge in [-0.2, -0.15) is 5.26 Å². The number of methoxy groups -OCH3 is 1. The molecule has 1 aromatic carbocycles. The molecule has 0 fully saturated rings. The van der Waals surface area contributed by atoms with E-state index in [-0.39, 0.29) is 6.54 Å². The molecular weight excluding hydrogens is 188 g/mol. The molecule has 0 spiro atoms. The molecular formula is C9H9ClN2O. The molecule has 1 aromatic rings. The number of nitrogens with two attached hydrogens (primary N) is 1. The Morgan fingerprint density at radius 1 is 1.62 bits per heavy atom. The van der Waals surface area contributed by atoms with Gasteiger partial charge in [-0.15, -0.1) is 0 Å². The minimum absolute atomic E-state index is 0.278. The first-order valence-electron chi connectivity index (χ1n) is 3.69. The van der Waals surface area contributed by atoms with Gasteiger partial charge in [0.2, 0.25) is 0 Å². The van der Waals surface area contributed by atoms with Gasteiger partial charge in [-0.05, 0) is 11.6 Å². The number of hydrogen-bond donors (Lipinski definition) is 1. The van der Waals surface area contributed by atoms with Crippen molar-refractivity contribution in [3.63, 3.8) is 0 Å². The molecule has 2 N–H and O–H groups in total. The molecule has 13 heavy (non-hydrogen) atoms. The molecule has 0 saturated carbocycles. The van der Waals surface area contributed by atoms with Gasteiger partial charge in [0.1, 0.15) is 11.8 Å². The largest absolute Gasteiger partial charge is 0.497 e. The lowest BCUT2D eigenvalue weighted by molar-refractivity contribution is 0.414. The molecule has 1 rings (SSSR count). The van der Waals surface area contributed by atoms with Gasteiger partial charge >= 0.3 is 0 Å². The normalized spacial score (nSPS) is 9.38. The van der Waals surface area contributed by atoms with Gasteiger partial charge in [0.15, 0.2) is 0 Å². The van der Waals surface area contributed by atoms with Gasteiger partial charge < -0.3 is 10.5 Å². The predicted molar refractivity (Wildman–Crippen MR) is 50.6 cm³/mol. The monoisotopic (exact) mass is 196 g/mol. The molecule has 0 amide bonds. The number of ether oxygens (including phenoxy) is 1. The van der Waals surface area contributed by atoms with E-state index in [0.29, 0.717) is 21.9 Å². The third-order valence-electron chi connectivity index (χ3n) is 1.71. The maximum absolute atomic E-state index is 8.76. The molecule has 0 saturated heterocycles. The van der Waals surface area contributed by atoms with Crippen LogP contribution >= 0.6 is 11.6 Å². The third kappa shape index (κ3) is 1.92. The second-order valence-electron chi connectivity index (χ2n) is 2.46. The molecule has 68 valence electrons. The molecule has 0 bridgehead atoms. The van der Waals surface area contributed by atoms with Crippen LogP contribution in [0.4, 0.5) is 0 Å². The van der Waals surface area contributed by atoms with Crippen LogP contribution in [0, 0.1) is 11.3 Å². The van der Waals surface area contributed by atoms with Crippen molar-refractivity contribution < 1.29 is 4.74 Å². The zero-order chi connectivity index (χ0) is 9.84. The summed E-state index contributed by atoms with van der Waals surface area (Å²) in [5.41, 5.74) is 6.58. The first-order valence-corrected chi connectivity index (χ1v) is 4.07. The van der Waals surface area contributed by atoms with Crippen LogP contribution in [0.15, 0.2) is 12.1 Å². The molecule has 0 aliphatic heterocycles. The topological polar surface area (TPSA) is 59.0 Å². The highest BCUT2D eigenvalue weighted by Gasteiger charge is 2.07. The van der Waals surface area contributed by atoms with E-state index >= 15 is 0 Å². The molecule has 0 atom stereocenters. The molecule has 0 aromatic heterocycles. The van der Waals surface area contributed by atoms with Crippen molar-refractivity contribution in [3.8, 4) is 11.8 Å². The van der Waals surface area contributed by atoms with Crippen molar-refractivity contribution >= 4 is 11.6 Å². The van der Waals surface area contributed by atoms with E-state index in [1.165, 1.54) is 7.11 Å². The zero-order valence-electron chi connectivity index (χ0n) is 7.17. The van der Waals surface area contributed by atoms with E-state index in [1.54, 1.807) is 12.1 Å². The number of hydrogen-bond acceptors (Lipinski definition) is 3. The Morgan fingerprint density at radius 3 is 2.77 bits per heavy atom. The smallest absolute Gasteiger partial charge is 0.120 e. The Bertz CT molecular complexity index is 357. The molecule has 0 aliphatic rings. The minimum atomic E-state index is 0.278. The lowest BCUT2D eigenvalue weighted by atomic mass is 10.1. The summed E-state index contributed by atoms with van der Waals surface area (Å²) in [7, 11) is 1.54. The van der Waals surface area contributed by atoms with Gasteiger partial charge in [0.25, 0.3) is 0 Å². The number of benzene rings is 1. The summed E-state index contributed by atoms with van der Waals surface area (Å²) in [6, 6.07) is 5.31. The Morgan fingerprint density at radius 2 is 2.31 bits per heavy atom. The Labute approximate surface area is 81.7 Å². The summed E-state index contributed by atoms with van der Waals surface area (Å²) in [6.07, 6.45) is 0. The average Bonchev–Trinajstić information content (AvgIpc) is 2.16. The number of nitriles is 1. The average molecular weight is 197 g/mol. The van der Waals surface area contributed by atoms with Crippen molar-refractivity contribution in [1.82, 2.24) is 0 Å². The highest BCUT2D eigenvalue weighted by atomic mass is 35.5. The van der Waals surface area contributed by atoms with Gasteiger partial charge in [-0.3, -0.25) is 0 Å². The zero-order valence-corrected chi connectivity index (χ0v) is 7.93. The predicted octanol–water partition coefficient (Wildman–Crippen LogP) is 1.68. The van der Waals surface area contributed by atoms with Crippen molar-refractivity contribution in [1.29, 1.82) is 5.26 Å². The van der Waals surface area contributed by atoms with Crippen LogP contribution in [0.1, 0.15) is 11.1 Å². The molecule has 0 radical (unpaired) electrons. The number of halogens is 1. The van der Waals surface area contributed by atoms with E-state index in [9.17, 15) is 0 Å². The van der Waals surface area contributed by atoms with Crippen LogP contribution in [0.25, 0.3) is 0 Å². The highest BCUT2D eigenvalue weighted by molar-refractivity contribution is 6.32. The summed E-state index contributed by atoms with van der Waals surface area (Å²) >= 11 is 5.83. The SMILES string of the molecule is COc1cc(Cl)c(C#N)c(CN)c1. The fourth-order valence-electron chi connectivity index (χ4n) is 1.04. The van der Waals surface area contributed by atoms with Crippen LogP contribution in [0.3, 0.4) is 0 Å². The van der Waals surface area contributed by atoms with E-state index < -0.39 is 0 Å². The summed E-state index contributed by atoms with van der Waals surface area (Å²) in [6.45, 7) is 0.278. The second-order valence-corrected chi connectivity index (χ2v) is 2.87. The van der Waals surface area contributed by atoms with Crippen molar-refractivity contribution in [2.45, 2.75) is 6.54 Å². The first-order chi connectivity index (χ1) is 6.22. The second kappa shape index (κ2) is 4.13. The standard InChI is InChI=1S/C9H9ClN2O/c1-13-7-2-6(4-11)8(5-12)9(10)3-7/h2-3H,4,11H2,1H3. The van der Waals surface area contributed by atoms with Crippen LogP contribution in [0.5, 0.6) is 5.75 Å². The lowest BCUT2D eigenvalue weighted by Gasteiger charge is -2.06. The molecule has 3 nitrogen and oxygen atoms in total. The minimum Gasteiger partial charge on any atom is -0.497 e. The van der Waals surface area contributed by atoms with Crippen LogP contribution in [0.2, 0.25) is 5.02 Å². The van der Waals surface area contributed by atoms with Crippen molar-refractivity contribution in [3.05, 3.63) is 28.3 Å². The molecule has 0 aliphatic carbocycles. The molecule has 0 unspecified atom stereocenters. The summed E-state index contributed by atoms with van der Waals surface area (Å²) in [5.74, 6) is 0.615. The van der Waals surface area contributed by atoms with Gasteiger partial charge in [-0.25, -0.2) is 0 Å². The lowest BCUT2D eigenvalue weighted by Crippen LogP contribution is -2.00. The van der Waals surface area contributed by atoms with Crippen LogP contribution in [-0.2, 0) is 6.54 Å². The van der Waals surface area contributed by atoms with Crippen molar-refractivity contribution in [2.24, 2.45) is 5.73 Å². The van der Waals surface area contributed by atoms with Crippen LogP contribution in [-0.4, -0.2) is 7.11 Å². The van der Waals surface area contributed by atoms with E-state index in [1.807, 2.05) is 6.07 Å². The fraction of sp³-hybridized carbons (Fsp3) is 0.222. The van der Waals surface area contributed by atoms with Crippen molar-refractivity contribution in [2.75, 3.05) is 7.11 Å². The third-order valence-corrected chi connectivity index (χ3v) is 2.01. The highest BCUT2D eigenvalue weighted by Crippen LogP contribution is 2.25. The van der Waals surface area contributed by atoms with Gasteiger partial charge in [0.05, 0.1) is 17.7 Å². The fourth-order valence-corrected chi connectivity index (χ4v) is 1.31. The Hall–Kier alpha value is -1.24.